The van der Waals surface area contributed by atoms with Gasteiger partial charge >= 0.3 is 6.18 Å². The SMILES string of the molecule is C=CC(=O)N1CC2(CCN(c3nc(N4CCC(N(C)C)CC4)nc4c(OCC(F)(F)F)c(-c5c(C)ccc6[nH]ncc56)c(C5CC5)cc34)CC2)C1. The van der Waals surface area contributed by atoms with Gasteiger partial charge in [0.25, 0.3) is 0 Å². The molecular weight excluding hydrogens is 657 g/mol. The number of hydrogen-bond acceptors (Lipinski definition) is 8. The number of nitrogens with zero attached hydrogens (tertiary/aromatic N) is 7. The van der Waals surface area contributed by atoms with Gasteiger partial charge in [-0.1, -0.05) is 12.6 Å². The van der Waals surface area contributed by atoms with Crippen LogP contribution in [0.25, 0.3) is 32.9 Å². The van der Waals surface area contributed by atoms with Gasteiger partial charge in [0.2, 0.25) is 11.9 Å². The topological polar surface area (TPSA) is 93.7 Å². The summed E-state index contributed by atoms with van der Waals surface area (Å²) in [6, 6.07) is 6.50. The molecule has 4 aromatic rings. The van der Waals surface area contributed by atoms with Gasteiger partial charge in [-0.05, 0) is 100 Å². The van der Waals surface area contributed by atoms with Gasteiger partial charge in [-0.2, -0.15) is 23.3 Å². The van der Waals surface area contributed by atoms with Crippen molar-refractivity contribution in [1.29, 1.82) is 0 Å². The average molecular weight is 703 g/mol. The van der Waals surface area contributed by atoms with E-state index in [1.807, 2.05) is 24.0 Å². The van der Waals surface area contributed by atoms with Gasteiger partial charge in [0.15, 0.2) is 12.4 Å². The molecule has 13 heteroatoms. The molecule has 2 aromatic carbocycles. The molecule has 0 bridgehead atoms. The van der Waals surface area contributed by atoms with Gasteiger partial charge < -0.3 is 24.3 Å². The maximum absolute atomic E-state index is 14.1. The van der Waals surface area contributed by atoms with E-state index in [4.69, 9.17) is 14.7 Å². The van der Waals surface area contributed by atoms with Gasteiger partial charge in [0.05, 0.1) is 11.7 Å². The number of carbonyl (C=O) groups is 1. The zero-order valence-corrected chi connectivity index (χ0v) is 29.5. The minimum absolute atomic E-state index is 0.0383. The number of aromatic amines is 1. The highest BCUT2D eigenvalue weighted by Crippen LogP contribution is 2.53. The van der Waals surface area contributed by atoms with Crippen LogP contribution in [0.1, 0.15) is 55.6 Å². The maximum Gasteiger partial charge on any atom is 0.422 e. The second-order valence-corrected chi connectivity index (χ2v) is 15.2. The van der Waals surface area contributed by atoms with Crippen LogP contribution in [0.2, 0.25) is 0 Å². The van der Waals surface area contributed by atoms with Crippen molar-refractivity contribution in [2.24, 2.45) is 5.41 Å². The summed E-state index contributed by atoms with van der Waals surface area (Å²) in [6.07, 6.45) is 4.08. The lowest BCUT2D eigenvalue weighted by Crippen LogP contribution is -2.61. The number of benzene rings is 2. The number of rotatable bonds is 8. The van der Waals surface area contributed by atoms with Gasteiger partial charge in [0.1, 0.15) is 11.3 Å². The van der Waals surface area contributed by atoms with Crippen molar-refractivity contribution in [3.05, 3.63) is 48.2 Å². The first-order chi connectivity index (χ1) is 24.4. The lowest BCUT2D eigenvalue weighted by molar-refractivity contribution is -0.153. The van der Waals surface area contributed by atoms with E-state index < -0.39 is 12.8 Å². The van der Waals surface area contributed by atoms with E-state index in [1.54, 1.807) is 6.20 Å². The number of anilines is 2. The van der Waals surface area contributed by atoms with E-state index in [0.29, 0.717) is 36.2 Å². The molecule has 3 aliphatic heterocycles. The minimum Gasteiger partial charge on any atom is -0.481 e. The summed E-state index contributed by atoms with van der Waals surface area (Å²) < 4.78 is 48.2. The van der Waals surface area contributed by atoms with Gasteiger partial charge in [-0.3, -0.25) is 9.89 Å². The molecular formula is C38H45F3N8O2. The Morgan fingerprint density at radius 3 is 2.41 bits per heavy atom. The molecule has 270 valence electrons. The third-order valence-electron chi connectivity index (χ3n) is 11.6. The van der Waals surface area contributed by atoms with Crippen LogP contribution < -0.4 is 14.5 Å². The van der Waals surface area contributed by atoms with Crippen LogP contribution in [0.3, 0.4) is 0 Å². The first kappa shape index (κ1) is 33.7. The molecule has 1 aliphatic carbocycles. The van der Waals surface area contributed by atoms with Crippen LogP contribution in [-0.4, -0.2) is 108 Å². The van der Waals surface area contributed by atoms with Crippen LogP contribution in [-0.2, 0) is 4.79 Å². The Kier molecular flexibility index (Phi) is 8.39. The number of ether oxygens (including phenoxy) is 1. The Bertz CT molecular complexity index is 1980. The molecule has 4 fully saturated rings. The number of nitrogens with one attached hydrogen (secondary N) is 1. The summed E-state index contributed by atoms with van der Waals surface area (Å²) in [6.45, 7) is 8.54. The number of halogens is 3. The van der Waals surface area contributed by atoms with Crippen LogP contribution >= 0.6 is 0 Å². The Hall–Kier alpha value is -4.39. The van der Waals surface area contributed by atoms with Crippen molar-refractivity contribution in [3.63, 3.8) is 0 Å². The molecule has 1 saturated carbocycles. The summed E-state index contributed by atoms with van der Waals surface area (Å²) >= 11 is 0. The van der Waals surface area contributed by atoms with E-state index in [0.717, 1.165) is 104 Å². The number of carbonyl (C=O) groups excluding carboxylic acids is 1. The monoisotopic (exact) mass is 702 g/mol. The summed E-state index contributed by atoms with van der Waals surface area (Å²) in [7, 11) is 4.18. The summed E-state index contributed by atoms with van der Waals surface area (Å²) in [4.78, 5) is 31.1. The molecule has 10 nitrogen and oxygen atoms in total. The molecule has 1 spiro atoms. The van der Waals surface area contributed by atoms with Crippen molar-refractivity contribution >= 4 is 39.5 Å². The molecule has 0 radical (unpaired) electrons. The molecule has 5 heterocycles. The van der Waals surface area contributed by atoms with Crippen molar-refractivity contribution in [1.82, 2.24) is 30.0 Å². The Labute approximate surface area is 295 Å². The Balaban J connectivity index is 1.30. The number of likely N-dealkylation sites (tertiary alicyclic amines) is 1. The van der Waals surface area contributed by atoms with E-state index in [9.17, 15) is 18.0 Å². The number of hydrogen-bond donors (Lipinski definition) is 1. The van der Waals surface area contributed by atoms with E-state index in [-0.39, 0.29) is 23.0 Å². The normalized spacial score (nSPS) is 19.7. The largest absolute Gasteiger partial charge is 0.481 e. The highest BCUT2D eigenvalue weighted by atomic mass is 19.4. The van der Waals surface area contributed by atoms with Crippen LogP contribution in [0.15, 0.2) is 37.1 Å². The van der Waals surface area contributed by atoms with Crippen LogP contribution in [0.4, 0.5) is 24.9 Å². The van der Waals surface area contributed by atoms with E-state index >= 15 is 0 Å². The lowest BCUT2D eigenvalue weighted by atomic mass is 9.72. The number of alkyl halides is 3. The number of aromatic nitrogens is 4. The van der Waals surface area contributed by atoms with Gasteiger partial charge in [0, 0.05) is 67.1 Å². The minimum atomic E-state index is -4.55. The van der Waals surface area contributed by atoms with Crippen molar-refractivity contribution in [2.75, 3.05) is 69.8 Å². The maximum atomic E-state index is 14.1. The highest BCUT2D eigenvalue weighted by molar-refractivity contribution is 6.06. The van der Waals surface area contributed by atoms with Gasteiger partial charge in [-0.25, -0.2) is 4.98 Å². The predicted molar refractivity (Wildman–Crippen MR) is 192 cm³/mol. The number of H-pyrrole nitrogens is 1. The smallest absolute Gasteiger partial charge is 0.422 e. The molecule has 4 aliphatic rings. The van der Waals surface area contributed by atoms with Crippen LogP contribution in [0.5, 0.6) is 5.75 Å². The third kappa shape index (κ3) is 6.27. The predicted octanol–water partition coefficient (Wildman–Crippen LogP) is 6.45. The first-order valence-electron chi connectivity index (χ1n) is 18.0. The summed E-state index contributed by atoms with van der Waals surface area (Å²) in [5, 5.41) is 8.88. The van der Waals surface area contributed by atoms with Crippen molar-refractivity contribution < 1.29 is 22.7 Å². The molecule has 1 amide bonds. The molecule has 8 rings (SSSR count). The zero-order valence-electron chi connectivity index (χ0n) is 29.5. The lowest BCUT2D eigenvalue weighted by Gasteiger charge is -2.54. The molecule has 51 heavy (non-hydrogen) atoms. The fourth-order valence-electron chi connectivity index (χ4n) is 8.48. The standard InChI is InChI=1S/C38H45F3N8O2/c1-5-30(50)49-20-37(21-49)12-16-47(17-13-37)35-27-18-26(24-7-8-24)32(31-23(2)6-9-29-28(31)19-42-45-29)34(51-22-38(39,40)41)33(27)43-36(44-35)48-14-10-25(11-15-48)46(3)4/h5-6,9,18-19,24-25H,1,7-8,10-17,20-22H2,2-4H3,(H,42,45). The van der Waals surface area contributed by atoms with Gasteiger partial charge in [-0.15, -0.1) is 0 Å². The summed E-state index contributed by atoms with van der Waals surface area (Å²) in [5.41, 5.74) is 4.64. The molecule has 3 saturated heterocycles. The van der Waals surface area contributed by atoms with Crippen molar-refractivity contribution in [2.45, 2.75) is 63.6 Å². The number of piperidine rings is 2. The van der Waals surface area contributed by atoms with E-state index in [2.05, 4.69) is 51.6 Å². The second kappa shape index (κ2) is 12.7. The summed E-state index contributed by atoms with van der Waals surface area (Å²) in [5.74, 6) is 1.55. The second-order valence-electron chi connectivity index (χ2n) is 15.2. The molecule has 1 N–H and O–H groups in total. The fourth-order valence-corrected chi connectivity index (χ4v) is 8.48. The van der Waals surface area contributed by atoms with Crippen LogP contribution in [0, 0.1) is 12.3 Å². The quantitative estimate of drug-likeness (QED) is 0.210. The average Bonchev–Trinajstić information content (AvgIpc) is 3.84. The van der Waals surface area contributed by atoms with E-state index in [1.165, 1.54) is 6.08 Å². The number of aryl methyl sites for hydroxylation is 1. The first-order valence-corrected chi connectivity index (χ1v) is 18.0. The van der Waals surface area contributed by atoms with Crippen molar-refractivity contribution in [3.8, 4) is 16.9 Å². The fraction of sp³-hybridized carbons (Fsp3) is 0.526. The molecule has 0 unspecified atom stereocenters. The number of amides is 1. The Morgan fingerprint density at radius 2 is 1.76 bits per heavy atom. The highest BCUT2D eigenvalue weighted by Gasteiger charge is 2.47. The Morgan fingerprint density at radius 1 is 1.04 bits per heavy atom. The zero-order chi connectivity index (χ0) is 35.7. The number of fused-ring (bicyclic) bond motifs is 2. The molecule has 0 atom stereocenters. The third-order valence-corrected chi connectivity index (χ3v) is 11.6. The molecule has 2 aromatic heterocycles.